The van der Waals surface area contributed by atoms with Crippen molar-refractivity contribution in [1.82, 2.24) is 0 Å². The van der Waals surface area contributed by atoms with Crippen molar-refractivity contribution in [3.63, 3.8) is 0 Å². The van der Waals surface area contributed by atoms with Crippen LogP contribution in [0.25, 0.3) is 0 Å². The molecule has 2 rings (SSSR count). The molecule has 2 aromatic rings. The maximum atomic E-state index is 14.7. The van der Waals surface area contributed by atoms with E-state index in [2.05, 4.69) is 0 Å². The molecule has 0 aliphatic carbocycles. The van der Waals surface area contributed by atoms with Gasteiger partial charge in [0, 0.05) is 36.5 Å². The number of aromatic hydroxyl groups is 2. The van der Waals surface area contributed by atoms with Gasteiger partial charge in [0.05, 0.1) is 25.4 Å². The molecule has 0 saturated carbocycles. The van der Waals surface area contributed by atoms with Crippen LogP contribution in [0.3, 0.4) is 0 Å². The van der Waals surface area contributed by atoms with E-state index in [9.17, 15) is 46.8 Å². The number of methoxy groups -OCH3 is 2. The maximum absolute atomic E-state index is 14.7. The van der Waals surface area contributed by atoms with Crippen LogP contribution in [-0.4, -0.2) is 47.0 Å². The normalized spacial score (nSPS) is 14.7. The van der Waals surface area contributed by atoms with E-state index in [0.717, 1.165) is 28.1 Å². The highest BCUT2D eigenvalue weighted by atomic mass is 19.4. The van der Waals surface area contributed by atoms with E-state index < -0.39 is 76.9 Å². The lowest BCUT2D eigenvalue weighted by Gasteiger charge is -2.39. The number of benzene rings is 2. The summed E-state index contributed by atoms with van der Waals surface area (Å²) in [6.45, 7) is 1.08. The van der Waals surface area contributed by atoms with Gasteiger partial charge in [0.1, 0.15) is 11.5 Å². The molecule has 0 aromatic heterocycles. The van der Waals surface area contributed by atoms with Crippen molar-refractivity contribution < 1.29 is 56.2 Å². The first-order valence-electron chi connectivity index (χ1n) is 10.2. The van der Waals surface area contributed by atoms with Gasteiger partial charge in [0.25, 0.3) is 0 Å². The van der Waals surface area contributed by atoms with Gasteiger partial charge >= 0.3 is 12.4 Å². The minimum atomic E-state index is -6.00. The summed E-state index contributed by atoms with van der Waals surface area (Å²) < 4.78 is 98.0. The Morgan fingerprint density at radius 2 is 1.03 bits per heavy atom. The molecule has 2 aromatic carbocycles. The molecule has 12 heteroatoms. The van der Waals surface area contributed by atoms with Gasteiger partial charge in [-0.1, -0.05) is 0 Å². The zero-order valence-corrected chi connectivity index (χ0v) is 19.3. The Labute approximate surface area is 197 Å². The standard InChI is InChI=1S/C23H26F6O6/c1-11(30)17-7-16(8-18(12(2)31)20(17)33)21(22(24,25)26,23(27,28)29)15-5-13(9-34-3)19(32)14(6-15)10-35-4/h5-8,11-12,30-33H,9-10H2,1-4H3. The molecule has 0 amide bonds. The highest BCUT2D eigenvalue weighted by Gasteiger charge is 2.72. The third-order valence-electron chi connectivity index (χ3n) is 5.65. The van der Waals surface area contributed by atoms with Gasteiger partial charge in [-0.05, 0) is 49.2 Å². The van der Waals surface area contributed by atoms with Crippen molar-refractivity contribution in [2.24, 2.45) is 0 Å². The van der Waals surface area contributed by atoms with Crippen LogP contribution >= 0.6 is 0 Å². The SMILES string of the molecule is COCc1cc(C(c2cc(C(C)O)c(O)c(C(C)O)c2)(C(F)(F)F)C(F)(F)F)cc(COC)c1O. The number of halogens is 6. The molecule has 196 valence electrons. The largest absolute Gasteiger partial charge is 0.507 e. The first-order chi connectivity index (χ1) is 16.0. The molecule has 0 aliphatic heterocycles. The lowest BCUT2D eigenvalue weighted by Crippen LogP contribution is -2.55. The number of rotatable bonds is 8. The molecule has 0 radical (unpaired) electrons. The topological polar surface area (TPSA) is 99.4 Å². The van der Waals surface area contributed by atoms with Gasteiger partial charge in [0.15, 0.2) is 0 Å². The van der Waals surface area contributed by atoms with Gasteiger partial charge in [-0.2, -0.15) is 26.3 Å². The maximum Gasteiger partial charge on any atom is 0.411 e. The predicted octanol–water partition coefficient (Wildman–Crippen LogP) is 4.91. The first kappa shape index (κ1) is 28.7. The van der Waals surface area contributed by atoms with E-state index in [1.807, 2.05) is 0 Å². The summed E-state index contributed by atoms with van der Waals surface area (Å²) in [5, 5.41) is 40.6. The van der Waals surface area contributed by atoms with Crippen LogP contribution in [-0.2, 0) is 28.1 Å². The average molecular weight is 512 g/mol. The zero-order valence-electron chi connectivity index (χ0n) is 19.3. The minimum Gasteiger partial charge on any atom is -0.507 e. The molecule has 0 fully saturated rings. The summed E-state index contributed by atoms with van der Waals surface area (Å²) in [5.74, 6) is -1.42. The molecule has 2 unspecified atom stereocenters. The molecule has 0 heterocycles. The molecular weight excluding hydrogens is 486 g/mol. The quantitative estimate of drug-likeness (QED) is 0.376. The van der Waals surface area contributed by atoms with Crippen molar-refractivity contribution in [3.8, 4) is 11.5 Å². The average Bonchev–Trinajstić information content (AvgIpc) is 2.70. The molecule has 2 atom stereocenters. The van der Waals surface area contributed by atoms with E-state index >= 15 is 0 Å². The lowest BCUT2D eigenvalue weighted by molar-refractivity contribution is -0.288. The highest BCUT2D eigenvalue weighted by molar-refractivity contribution is 5.56. The molecular formula is C23H26F6O6. The summed E-state index contributed by atoms with van der Waals surface area (Å²) in [5.41, 5.74) is -9.33. The van der Waals surface area contributed by atoms with E-state index in [1.54, 1.807) is 0 Å². The molecule has 0 spiro atoms. The van der Waals surface area contributed by atoms with Crippen LogP contribution < -0.4 is 0 Å². The Balaban J connectivity index is 3.17. The predicted molar refractivity (Wildman–Crippen MR) is 112 cm³/mol. The summed E-state index contributed by atoms with van der Waals surface area (Å²) in [7, 11) is 2.29. The van der Waals surface area contributed by atoms with Crippen LogP contribution in [0.5, 0.6) is 11.5 Å². The second kappa shape index (κ2) is 10.2. The van der Waals surface area contributed by atoms with Gasteiger partial charge in [-0.25, -0.2) is 0 Å². The van der Waals surface area contributed by atoms with Crippen LogP contribution in [0.4, 0.5) is 26.3 Å². The highest BCUT2D eigenvalue weighted by Crippen LogP contribution is 2.58. The summed E-state index contributed by atoms with van der Waals surface area (Å²) in [6.07, 6.45) is -15.3. The number of phenols is 2. The third-order valence-corrected chi connectivity index (χ3v) is 5.65. The second-order valence-corrected chi connectivity index (χ2v) is 8.11. The third kappa shape index (κ3) is 5.06. The number of alkyl halides is 6. The Kier molecular flexibility index (Phi) is 8.37. The fourth-order valence-electron chi connectivity index (χ4n) is 4.02. The molecule has 0 aliphatic rings. The van der Waals surface area contributed by atoms with Crippen molar-refractivity contribution in [2.75, 3.05) is 14.2 Å². The van der Waals surface area contributed by atoms with Gasteiger partial charge < -0.3 is 29.9 Å². The van der Waals surface area contributed by atoms with Crippen molar-refractivity contribution in [3.05, 3.63) is 57.6 Å². The fourth-order valence-corrected chi connectivity index (χ4v) is 4.02. The number of hydrogen-bond acceptors (Lipinski definition) is 6. The van der Waals surface area contributed by atoms with E-state index in [1.165, 1.54) is 0 Å². The van der Waals surface area contributed by atoms with Gasteiger partial charge in [0.2, 0.25) is 5.41 Å². The number of hydrogen-bond donors (Lipinski definition) is 4. The van der Waals surface area contributed by atoms with Crippen LogP contribution in [0, 0.1) is 0 Å². The zero-order chi connectivity index (χ0) is 26.9. The summed E-state index contributed by atoms with van der Waals surface area (Å²) in [4.78, 5) is 0. The van der Waals surface area contributed by atoms with E-state index in [4.69, 9.17) is 9.47 Å². The van der Waals surface area contributed by atoms with Gasteiger partial charge in [-0.15, -0.1) is 0 Å². The molecule has 4 N–H and O–H groups in total. The second-order valence-electron chi connectivity index (χ2n) is 8.11. The van der Waals surface area contributed by atoms with Crippen LogP contribution in [0.15, 0.2) is 24.3 Å². The van der Waals surface area contributed by atoms with Gasteiger partial charge in [-0.3, -0.25) is 0 Å². The Morgan fingerprint density at radius 1 is 0.686 bits per heavy atom. The van der Waals surface area contributed by atoms with Crippen molar-refractivity contribution in [2.45, 2.75) is 57.0 Å². The molecule has 0 saturated heterocycles. The summed E-state index contributed by atoms with van der Waals surface area (Å²) in [6, 6.07) is 1.89. The van der Waals surface area contributed by atoms with Crippen LogP contribution in [0.1, 0.15) is 59.4 Å². The van der Waals surface area contributed by atoms with Crippen molar-refractivity contribution >= 4 is 0 Å². The number of aliphatic hydroxyl groups excluding tert-OH is 2. The Hall–Kier alpha value is -2.54. The number of ether oxygens (including phenoxy) is 2. The van der Waals surface area contributed by atoms with Crippen molar-refractivity contribution in [1.29, 1.82) is 0 Å². The smallest absolute Gasteiger partial charge is 0.411 e. The minimum absolute atomic E-state index is 0.347. The number of phenolic OH excluding ortho intramolecular Hbond substituents is 2. The van der Waals surface area contributed by atoms with E-state index in [-0.39, 0.29) is 11.1 Å². The molecule has 35 heavy (non-hydrogen) atoms. The van der Waals surface area contributed by atoms with E-state index in [0.29, 0.717) is 24.3 Å². The number of aliphatic hydroxyl groups is 2. The lowest BCUT2D eigenvalue weighted by atomic mass is 9.70. The summed E-state index contributed by atoms with van der Waals surface area (Å²) >= 11 is 0. The molecule has 6 nitrogen and oxygen atoms in total. The first-order valence-corrected chi connectivity index (χ1v) is 10.2. The molecule has 0 bridgehead atoms. The van der Waals surface area contributed by atoms with Crippen LogP contribution in [0.2, 0.25) is 0 Å². The fraction of sp³-hybridized carbons (Fsp3) is 0.478. The Morgan fingerprint density at radius 3 is 1.31 bits per heavy atom. The monoisotopic (exact) mass is 512 g/mol. The Bertz CT molecular complexity index is 976.